The molecule has 188 valence electrons. The SMILES string of the molecule is CC(=C(C#N)C#N)c1ccc(/C(=C(/c2ccccc2)c2ccc(C=C(C#N)C#N)cc2)c2ccc(Br)cc2)cc1. The Kier molecular flexibility index (Phi) is 8.87. The predicted octanol–water partition coefficient (Wildman–Crippen LogP) is 8.71. The van der Waals surface area contributed by atoms with Crippen LogP contribution in [0.1, 0.15) is 40.3 Å². The summed E-state index contributed by atoms with van der Waals surface area (Å²) in [5, 5.41) is 36.9. The van der Waals surface area contributed by atoms with E-state index in [0.717, 1.165) is 49.0 Å². The maximum Gasteiger partial charge on any atom is 0.133 e. The summed E-state index contributed by atoms with van der Waals surface area (Å²) in [5.74, 6) is 0. The minimum absolute atomic E-state index is 0.0440. The fourth-order valence-corrected chi connectivity index (χ4v) is 4.62. The van der Waals surface area contributed by atoms with Gasteiger partial charge in [0.2, 0.25) is 0 Å². The second-order valence-corrected chi connectivity index (χ2v) is 9.74. The second-order valence-electron chi connectivity index (χ2n) is 8.83. The summed E-state index contributed by atoms with van der Waals surface area (Å²) in [5.41, 5.74) is 8.31. The third-order valence-electron chi connectivity index (χ3n) is 6.40. The van der Waals surface area contributed by atoms with E-state index in [1.54, 1.807) is 13.0 Å². The molecule has 0 heterocycles. The number of hydrogen-bond donors (Lipinski definition) is 0. The average molecular weight is 577 g/mol. The van der Waals surface area contributed by atoms with Crippen LogP contribution in [0.5, 0.6) is 0 Å². The van der Waals surface area contributed by atoms with Gasteiger partial charge in [-0.2, -0.15) is 21.0 Å². The first-order chi connectivity index (χ1) is 19.5. The molecule has 0 saturated carbocycles. The molecule has 0 N–H and O–H groups in total. The maximum atomic E-state index is 9.32. The molecule has 0 aromatic heterocycles. The van der Waals surface area contributed by atoms with E-state index < -0.39 is 0 Å². The van der Waals surface area contributed by atoms with Gasteiger partial charge in [0, 0.05) is 4.47 Å². The van der Waals surface area contributed by atoms with Crippen molar-refractivity contribution in [3.8, 4) is 24.3 Å². The second kappa shape index (κ2) is 12.9. The number of nitriles is 4. The fourth-order valence-electron chi connectivity index (χ4n) is 4.36. The van der Waals surface area contributed by atoms with Crippen molar-refractivity contribution in [1.82, 2.24) is 0 Å². The monoisotopic (exact) mass is 576 g/mol. The molecule has 0 amide bonds. The maximum absolute atomic E-state index is 9.32. The number of allylic oxidation sites excluding steroid dienone is 3. The van der Waals surface area contributed by atoms with Crippen LogP contribution in [0.15, 0.2) is 119 Å². The predicted molar refractivity (Wildman–Crippen MR) is 162 cm³/mol. The molecule has 0 fully saturated rings. The Hall–Kier alpha value is -5.46. The van der Waals surface area contributed by atoms with Crippen LogP contribution >= 0.6 is 15.9 Å². The molecule has 0 radical (unpaired) electrons. The van der Waals surface area contributed by atoms with E-state index in [2.05, 4.69) is 40.2 Å². The summed E-state index contributed by atoms with van der Waals surface area (Å²) in [6.45, 7) is 1.78. The van der Waals surface area contributed by atoms with Crippen molar-refractivity contribution < 1.29 is 0 Å². The minimum atomic E-state index is 0.0440. The quantitative estimate of drug-likeness (QED) is 0.169. The van der Waals surface area contributed by atoms with E-state index >= 15 is 0 Å². The van der Waals surface area contributed by atoms with Crippen LogP contribution in [0.4, 0.5) is 0 Å². The van der Waals surface area contributed by atoms with E-state index in [4.69, 9.17) is 10.5 Å². The van der Waals surface area contributed by atoms with Crippen LogP contribution in [-0.4, -0.2) is 0 Å². The molecule has 40 heavy (non-hydrogen) atoms. The molecular weight excluding hydrogens is 556 g/mol. The van der Waals surface area contributed by atoms with Crippen LogP contribution in [0, 0.1) is 45.3 Å². The average Bonchev–Trinajstić information content (AvgIpc) is 3.01. The van der Waals surface area contributed by atoms with Gasteiger partial charge >= 0.3 is 0 Å². The normalized spacial score (nSPS) is 10.6. The Morgan fingerprint density at radius 1 is 0.550 bits per heavy atom. The van der Waals surface area contributed by atoms with Gasteiger partial charge in [0.15, 0.2) is 0 Å². The van der Waals surface area contributed by atoms with Crippen molar-refractivity contribution >= 4 is 38.7 Å². The van der Waals surface area contributed by atoms with Gasteiger partial charge in [0.1, 0.15) is 35.4 Å². The Balaban J connectivity index is 2.00. The Bertz CT molecular complexity index is 1770. The van der Waals surface area contributed by atoms with E-state index in [0.29, 0.717) is 5.57 Å². The highest BCUT2D eigenvalue weighted by Crippen LogP contribution is 2.38. The van der Waals surface area contributed by atoms with E-state index in [-0.39, 0.29) is 11.1 Å². The molecule has 4 rings (SSSR count). The fraction of sp³-hybridized carbons (Fsp3) is 0.0286. The van der Waals surface area contributed by atoms with Crippen molar-refractivity contribution in [2.24, 2.45) is 0 Å². The number of benzene rings is 4. The van der Waals surface area contributed by atoms with Gasteiger partial charge in [0.25, 0.3) is 0 Å². The molecule has 0 bridgehead atoms. The summed E-state index contributed by atoms with van der Waals surface area (Å²) < 4.78 is 0.968. The zero-order valence-corrected chi connectivity index (χ0v) is 23.1. The van der Waals surface area contributed by atoms with Crippen LogP contribution in [0.3, 0.4) is 0 Å². The molecule has 0 aliphatic rings. The lowest BCUT2D eigenvalue weighted by Crippen LogP contribution is -1.98. The lowest BCUT2D eigenvalue weighted by Gasteiger charge is -2.19. The minimum Gasteiger partial charge on any atom is -0.192 e. The lowest BCUT2D eigenvalue weighted by molar-refractivity contribution is 1.44. The molecule has 0 saturated heterocycles. The summed E-state index contributed by atoms with van der Waals surface area (Å²) in [4.78, 5) is 0. The number of halogens is 1. The van der Waals surface area contributed by atoms with Gasteiger partial charge in [0.05, 0.1) is 0 Å². The zero-order valence-electron chi connectivity index (χ0n) is 21.6. The van der Waals surface area contributed by atoms with Gasteiger partial charge in [-0.15, -0.1) is 0 Å². The van der Waals surface area contributed by atoms with E-state index in [9.17, 15) is 10.5 Å². The van der Waals surface area contributed by atoms with Gasteiger partial charge in [-0.1, -0.05) is 107 Å². The van der Waals surface area contributed by atoms with Crippen molar-refractivity contribution in [3.05, 3.63) is 152 Å². The Morgan fingerprint density at radius 3 is 1.45 bits per heavy atom. The summed E-state index contributed by atoms with van der Waals surface area (Å²) >= 11 is 3.54. The summed E-state index contributed by atoms with van der Waals surface area (Å²) in [6.07, 6.45) is 1.57. The van der Waals surface area contributed by atoms with E-state index in [1.807, 2.05) is 103 Å². The largest absolute Gasteiger partial charge is 0.192 e. The molecule has 5 heteroatoms. The van der Waals surface area contributed by atoms with Crippen LogP contribution in [0.2, 0.25) is 0 Å². The third kappa shape index (κ3) is 6.15. The van der Waals surface area contributed by atoms with Crippen LogP contribution in [-0.2, 0) is 0 Å². The summed E-state index contributed by atoms with van der Waals surface area (Å²) in [7, 11) is 0. The third-order valence-corrected chi connectivity index (χ3v) is 6.93. The highest BCUT2D eigenvalue weighted by Gasteiger charge is 2.17. The molecule has 0 unspecified atom stereocenters. The first-order valence-electron chi connectivity index (χ1n) is 12.3. The van der Waals surface area contributed by atoms with Gasteiger partial charge < -0.3 is 0 Å². The molecule has 0 aliphatic carbocycles. The highest BCUT2D eigenvalue weighted by molar-refractivity contribution is 9.10. The standard InChI is InChI=1S/C35H21BrN4/c1-24(32(22-39)23-40)27-11-13-30(14-12-27)35(31-15-17-33(36)18-16-31)34(28-5-3-2-4-6-28)29-9-7-25(8-10-29)19-26(20-37)21-38/h2-19H,1H3/b35-34+. The van der Waals surface area contributed by atoms with Crippen molar-refractivity contribution in [2.75, 3.05) is 0 Å². The number of nitrogens with zero attached hydrogens (tertiary/aromatic N) is 4. The van der Waals surface area contributed by atoms with Crippen LogP contribution in [0.25, 0.3) is 22.8 Å². The molecule has 0 atom stereocenters. The Labute approximate surface area is 242 Å². The zero-order chi connectivity index (χ0) is 28.5. The molecule has 0 aliphatic heterocycles. The van der Waals surface area contributed by atoms with Crippen molar-refractivity contribution in [3.63, 3.8) is 0 Å². The Morgan fingerprint density at radius 2 is 0.975 bits per heavy atom. The topological polar surface area (TPSA) is 95.2 Å². The smallest absolute Gasteiger partial charge is 0.133 e. The molecular formula is C35H21BrN4. The van der Waals surface area contributed by atoms with E-state index in [1.165, 1.54) is 0 Å². The molecule has 0 spiro atoms. The first-order valence-corrected chi connectivity index (χ1v) is 13.1. The number of rotatable bonds is 6. The summed E-state index contributed by atoms with van der Waals surface area (Å²) in [6, 6.07) is 41.7. The van der Waals surface area contributed by atoms with Gasteiger partial charge in [-0.05, 0) is 75.2 Å². The number of hydrogen-bond acceptors (Lipinski definition) is 4. The van der Waals surface area contributed by atoms with Gasteiger partial charge in [-0.3, -0.25) is 0 Å². The molecule has 4 aromatic rings. The van der Waals surface area contributed by atoms with Crippen molar-refractivity contribution in [2.45, 2.75) is 6.92 Å². The van der Waals surface area contributed by atoms with Gasteiger partial charge in [-0.25, -0.2) is 0 Å². The highest BCUT2D eigenvalue weighted by atomic mass is 79.9. The van der Waals surface area contributed by atoms with Crippen LogP contribution < -0.4 is 0 Å². The molecule has 4 aromatic carbocycles. The first kappa shape index (κ1) is 27.6. The lowest BCUT2D eigenvalue weighted by atomic mass is 9.85. The van der Waals surface area contributed by atoms with Crippen molar-refractivity contribution in [1.29, 1.82) is 21.0 Å². The molecule has 4 nitrogen and oxygen atoms in total.